The Bertz CT molecular complexity index is 2450. The zero-order chi connectivity index (χ0) is 40.2. The fourth-order valence-electron chi connectivity index (χ4n) is 7.38. The molecule has 18 heteroatoms. The SMILES string of the molecule is CC(C)NC(=O)O[C@@H]1CC[C@H](c2cc(Nc3cccc4oc(=O)[nH]c34)n[nH]2)C1.CC(C)NC(=O)O[C@@H]1CC[C@H](c2cc(Nc3cccc4oc(=O)n(C)c34)n[nH]2)C1. The van der Waals surface area contributed by atoms with Crippen molar-refractivity contribution in [3.63, 3.8) is 0 Å². The van der Waals surface area contributed by atoms with Crippen LogP contribution >= 0.6 is 0 Å². The lowest BCUT2D eigenvalue weighted by Crippen LogP contribution is -2.33. The number of nitrogens with zero attached hydrogens (tertiary/aromatic N) is 3. The van der Waals surface area contributed by atoms with Crippen LogP contribution in [0.25, 0.3) is 22.2 Å². The molecule has 6 aromatic rings. The monoisotopic (exact) mass is 784 g/mol. The second kappa shape index (κ2) is 16.7. The molecule has 2 fully saturated rings. The summed E-state index contributed by atoms with van der Waals surface area (Å²) in [5.74, 6) is 0.906. The average Bonchev–Trinajstić information content (AvgIpc) is 4.00. The normalized spacial score (nSPS) is 19.1. The number of hydrogen-bond donors (Lipinski definition) is 7. The lowest BCUT2D eigenvalue weighted by Gasteiger charge is -2.14. The molecule has 0 aliphatic heterocycles. The zero-order valence-electron chi connectivity index (χ0n) is 32.4. The van der Waals surface area contributed by atoms with Gasteiger partial charge in [0.05, 0.1) is 11.4 Å². The van der Waals surface area contributed by atoms with Crippen LogP contribution in [0.1, 0.15) is 89.4 Å². The maximum absolute atomic E-state index is 11.8. The highest BCUT2D eigenvalue weighted by Gasteiger charge is 2.31. The van der Waals surface area contributed by atoms with Gasteiger partial charge in [-0.3, -0.25) is 19.7 Å². The first-order valence-corrected chi connectivity index (χ1v) is 19.2. The molecule has 7 N–H and O–H groups in total. The highest BCUT2D eigenvalue weighted by molar-refractivity contribution is 5.89. The number of anilines is 4. The number of rotatable bonds is 10. The van der Waals surface area contributed by atoms with Crippen LogP contribution in [0.5, 0.6) is 0 Å². The predicted octanol–water partition coefficient (Wildman–Crippen LogP) is 6.73. The van der Waals surface area contributed by atoms with Gasteiger partial charge in [0.15, 0.2) is 22.8 Å². The Hall–Kier alpha value is -6.46. The second-order valence-electron chi connectivity index (χ2n) is 15.1. The highest BCUT2D eigenvalue weighted by Crippen LogP contribution is 2.38. The Morgan fingerprint density at radius 2 is 1.28 bits per heavy atom. The number of aryl methyl sites for hydroxylation is 1. The molecule has 57 heavy (non-hydrogen) atoms. The van der Waals surface area contributed by atoms with Crippen molar-refractivity contribution < 1.29 is 27.9 Å². The smallest absolute Gasteiger partial charge is 0.419 e. The molecule has 4 heterocycles. The topological polar surface area (TPSA) is 239 Å². The van der Waals surface area contributed by atoms with Crippen LogP contribution in [0, 0.1) is 0 Å². The largest absolute Gasteiger partial charge is 0.446 e. The van der Waals surface area contributed by atoms with Crippen LogP contribution in [-0.2, 0) is 16.5 Å². The Morgan fingerprint density at radius 1 is 0.754 bits per heavy atom. The number of benzene rings is 2. The Morgan fingerprint density at radius 3 is 1.84 bits per heavy atom. The number of alkyl carbamates (subject to hydrolysis) is 2. The number of H-pyrrole nitrogens is 3. The average molecular weight is 785 g/mol. The summed E-state index contributed by atoms with van der Waals surface area (Å²) in [4.78, 5) is 49.5. The molecule has 2 aliphatic carbocycles. The van der Waals surface area contributed by atoms with E-state index in [2.05, 4.69) is 46.6 Å². The summed E-state index contributed by atoms with van der Waals surface area (Å²) < 4.78 is 22.7. The molecule has 2 aliphatic rings. The van der Waals surface area contributed by atoms with E-state index in [-0.39, 0.29) is 48.3 Å². The van der Waals surface area contributed by atoms with Gasteiger partial charge in [0.1, 0.15) is 23.2 Å². The molecule has 2 amide bonds. The van der Waals surface area contributed by atoms with Crippen molar-refractivity contribution in [3.05, 3.63) is 81.0 Å². The predicted molar refractivity (Wildman–Crippen MR) is 212 cm³/mol. The highest BCUT2D eigenvalue weighted by atomic mass is 16.6. The number of amides is 2. The first-order valence-electron chi connectivity index (χ1n) is 19.2. The lowest BCUT2D eigenvalue weighted by molar-refractivity contribution is 0.0972. The van der Waals surface area contributed by atoms with Gasteiger partial charge in [-0.2, -0.15) is 10.2 Å². The minimum atomic E-state index is -0.495. The van der Waals surface area contributed by atoms with Crippen molar-refractivity contribution in [2.24, 2.45) is 7.05 Å². The number of aromatic nitrogens is 6. The summed E-state index contributed by atoms with van der Waals surface area (Å²) in [5.41, 5.74) is 5.73. The van der Waals surface area contributed by atoms with Crippen LogP contribution in [0.4, 0.5) is 32.6 Å². The molecule has 0 spiro atoms. The summed E-state index contributed by atoms with van der Waals surface area (Å²) in [6.07, 6.45) is 4.12. The molecule has 2 saturated carbocycles. The number of carbonyl (C=O) groups is 2. The Balaban J connectivity index is 0.000000174. The molecule has 4 atom stereocenters. The van der Waals surface area contributed by atoms with Gasteiger partial charge in [-0.25, -0.2) is 19.2 Å². The van der Waals surface area contributed by atoms with Crippen LogP contribution in [0.15, 0.2) is 67.0 Å². The fourth-order valence-corrected chi connectivity index (χ4v) is 7.38. The summed E-state index contributed by atoms with van der Waals surface area (Å²) in [7, 11) is 1.67. The van der Waals surface area contributed by atoms with Gasteiger partial charge in [0, 0.05) is 54.5 Å². The molecule has 2 aromatic carbocycles. The standard InChI is InChI=1S/C20H25N5O4.C19H23N5O4/c1-11(2)21-19(26)28-13-8-7-12(9-13)15-10-17(24-23-15)22-14-5-4-6-16-18(14)25(3)20(27)29-16;1-10(2)20-18(25)27-12-7-6-11(8-12)14-9-16(24-23-14)21-13-4-3-5-15-17(13)22-19(26)28-15/h4-6,10-13H,7-9H2,1-3H3,(H,21,26)(H2,22,23,24);3-5,9-12H,6-8H2,1-2H3,(H,20,25)(H,22,26)(H2,21,23,24)/t12-,13+;11-,12+/m00/s1. The molecular weight excluding hydrogens is 736 g/mol. The molecule has 302 valence electrons. The molecule has 18 nitrogen and oxygen atoms in total. The maximum atomic E-state index is 11.8. The van der Waals surface area contributed by atoms with E-state index in [0.29, 0.717) is 39.5 Å². The van der Waals surface area contributed by atoms with E-state index in [1.54, 1.807) is 25.2 Å². The lowest BCUT2D eigenvalue weighted by atomic mass is 10.0. The zero-order valence-corrected chi connectivity index (χ0v) is 32.4. The number of fused-ring (bicyclic) bond motifs is 2. The van der Waals surface area contributed by atoms with Crippen molar-refractivity contribution >= 4 is 57.4 Å². The van der Waals surface area contributed by atoms with Crippen molar-refractivity contribution in [1.82, 2.24) is 40.6 Å². The molecule has 0 bridgehead atoms. The minimum Gasteiger partial charge on any atom is -0.446 e. The summed E-state index contributed by atoms with van der Waals surface area (Å²) in [5, 5.41) is 26.8. The molecule has 4 aromatic heterocycles. The van der Waals surface area contributed by atoms with E-state index >= 15 is 0 Å². The number of aromatic amines is 3. The quantitative estimate of drug-likeness (QED) is 0.0766. The Kier molecular flexibility index (Phi) is 11.4. The van der Waals surface area contributed by atoms with Crippen molar-refractivity contribution in [2.45, 2.75) is 102 Å². The number of oxazole rings is 2. The third kappa shape index (κ3) is 9.33. The second-order valence-corrected chi connectivity index (χ2v) is 15.1. The van der Waals surface area contributed by atoms with E-state index < -0.39 is 11.5 Å². The first-order chi connectivity index (χ1) is 27.4. The van der Waals surface area contributed by atoms with Gasteiger partial charge in [-0.15, -0.1) is 0 Å². The van der Waals surface area contributed by atoms with Gasteiger partial charge < -0.3 is 39.6 Å². The van der Waals surface area contributed by atoms with Gasteiger partial charge >= 0.3 is 23.7 Å². The van der Waals surface area contributed by atoms with E-state index in [1.165, 1.54) is 4.57 Å². The van der Waals surface area contributed by atoms with Gasteiger partial charge in [-0.05, 0) is 90.5 Å². The fraction of sp³-hybridized carbons (Fsp3) is 0.436. The minimum absolute atomic E-state index is 0.0557. The molecule has 0 saturated heterocycles. The van der Waals surface area contributed by atoms with Crippen LogP contribution in [0.2, 0.25) is 0 Å². The third-order valence-electron chi connectivity index (χ3n) is 9.99. The van der Waals surface area contributed by atoms with Gasteiger partial charge in [-0.1, -0.05) is 12.1 Å². The number of carbonyl (C=O) groups excluding carboxylic acids is 2. The maximum Gasteiger partial charge on any atom is 0.419 e. The summed E-state index contributed by atoms with van der Waals surface area (Å²) in [6, 6.07) is 14.8. The summed E-state index contributed by atoms with van der Waals surface area (Å²) >= 11 is 0. The number of hydrogen-bond acceptors (Lipinski definition) is 12. The molecule has 0 radical (unpaired) electrons. The van der Waals surface area contributed by atoms with Gasteiger partial charge in [0.2, 0.25) is 0 Å². The van der Waals surface area contributed by atoms with Crippen molar-refractivity contribution in [2.75, 3.05) is 10.6 Å². The van der Waals surface area contributed by atoms with E-state index in [4.69, 9.17) is 18.3 Å². The molecule has 0 unspecified atom stereocenters. The van der Waals surface area contributed by atoms with Crippen LogP contribution in [-0.4, -0.2) is 66.4 Å². The number of nitrogens with one attached hydrogen (secondary N) is 7. The number of para-hydroxylation sites is 2. The van der Waals surface area contributed by atoms with E-state index in [0.717, 1.165) is 55.6 Å². The van der Waals surface area contributed by atoms with Crippen molar-refractivity contribution in [3.8, 4) is 0 Å². The van der Waals surface area contributed by atoms with E-state index in [1.807, 2.05) is 58.0 Å². The molecule has 8 rings (SSSR count). The van der Waals surface area contributed by atoms with Crippen LogP contribution < -0.4 is 32.8 Å². The number of ether oxygens (including phenoxy) is 2. The van der Waals surface area contributed by atoms with Gasteiger partial charge in [0.25, 0.3) is 0 Å². The first kappa shape index (κ1) is 38.8. The Labute approximate surface area is 326 Å². The van der Waals surface area contributed by atoms with Crippen LogP contribution in [0.3, 0.4) is 0 Å². The van der Waals surface area contributed by atoms with Crippen molar-refractivity contribution in [1.29, 1.82) is 0 Å². The molecular formula is C39H48N10O8. The summed E-state index contributed by atoms with van der Waals surface area (Å²) in [6.45, 7) is 7.61. The van der Waals surface area contributed by atoms with E-state index in [9.17, 15) is 19.2 Å². The third-order valence-corrected chi connectivity index (χ3v) is 9.99.